The summed E-state index contributed by atoms with van der Waals surface area (Å²) < 4.78 is 5.29. The van der Waals surface area contributed by atoms with Gasteiger partial charge in [0.1, 0.15) is 11.3 Å². The zero-order valence-electron chi connectivity index (χ0n) is 15.9. The van der Waals surface area contributed by atoms with E-state index in [0.717, 1.165) is 53.7 Å². The minimum atomic E-state index is -0.221. The molecule has 144 valence electrons. The second-order valence-electron chi connectivity index (χ2n) is 9.02. The van der Waals surface area contributed by atoms with Crippen molar-refractivity contribution < 1.29 is 9.53 Å². The van der Waals surface area contributed by atoms with Crippen LogP contribution in [-0.2, 0) is 4.79 Å². The van der Waals surface area contributed by atoms with Crippen LogP contribution in [0.25, 0.3) is 22.1 Å². The van der Waals surface area contributed by atoms with Gasteiger partial charge in [-0.05, 0) is 74.5 Å². The van der Waals surface area contributed by atoms with Crippen molar-refractivity contribution in [2.75, 3.05) is 12.4 Å². The molecule has 4 aliphatic rings. The van der Waals surface area contributed by atoms with Crippen LogP contribution in [0.3, 0.4) is 0 Å². The Morgan fingerprint density at radius 2 is 1.86 bits per heavy atom. The maximum absolute atomic E-state index is 13.2. The number of anilines is 1. The van der Waals surface area contributed by atoms with E-state index in [1.165, 1.54) is 19.3 Å². The topological polar surface area (TPSA) is 92.8 Å². The first-order chi connectivity index (χ1) is 13.6. The molecule has 0 radical (unpaired) electrons. The van der Waals surface area contributed by atoms with Crippen molar-refractivity contribution in [3.63, 3.8) is 0 Å². The lowest BCUT2D eigenvalue weighted by Gasteiger charge is -2.55. The van der Waals surface area contributed by atoms with Crippen molar-refractivity contribution in [2.24, 2.45) is 23.2 Å². The number of hydrogen-bond donors (Lipinski definition) is 2. The molecular formula is C21H23N5O2. The number of aromatic nitrogens is 4. The Hall–Kier alpha value is -2.70. The van der Waals surface area contributed by atoms with E-state index >= 15 is 0 Å². The number of carbonyl (C=O) groups is 1. The van der Waals surface area contributed by atoms with Gasteiger partial charge in [-0.1, -0.05) is 0 Å². The molecule has 7 rings (SSSR count). The fraction of sp³-hybridized carbons (Fsp3) is 0.524. The highest BCUT2D eigenvalue weighted by Gasteiger charge is 2.54. The number of H-pyrrole nitrogens is 1. The van der Waals surface area contributed by atoms with Crippen LogP contribution in [0.1, 0.15) is 38.5 Å². The molecular weight excluding hydrogens is 354 g/mol. The van der Waals surface area contributed by atoms with Crippen LogP contribution in [0.15, 0.2) is 18.2 Å². The summed E-state index contributed by atoms with van der Waals surface area (Å²) in [6.07, 6.45) is 7.01. The average molecular weight is 377 g/mol. The van der Waals surface area contributed by atoms with Crippen LogP contribution in [0, 0.1) is 23.2 Å². The molecule has 0 saturated heterocycles. The molecule has 0 spiro atoms. The Kier molecular flexibility index (Phi) is 3.29. The maximum Gasteiger partial charge on any atom is 0.251 e. The maximum atomic E-state index is 13.2. The highest BCUT2D eigenvalue weighted by molar-refractivity contribution is 6.04. The number of nitrogens with zero attached hydrogens (tertiary/aromatic N) is 3. The fourth-order valence-corrected chi connectivity index (χ4v) is 6.35. The van der Waals surface area contributed by atoms with Gasteiger partial charge in [0.2, 0.25) is 5.91 Å². The van der Waals surface area contributed by atoms with E-state index in [0.29, 0.717) is 11.2 Å². The fourth-order valence-electron chi connectivity index (χ4n) is 6.35. The molecule has 0 aliphatic heterocycles. The molecule has 2 heterocycles. The minimum Gasteiger partial charge on any atom is -0.497 e. The number of aromatic amines is 1. The van der Waals surface area contributed by atoms with Crippen LogP contribution < -0.4 is 10.1 Å². The first kappa shape index (κ1) is 16.3. The van der Waals surface area contributed by atoms with Crippen molar-refractivity contribution in [3.05, 3.63) is 18.2 Å². The van der Waals surface area contributed by atoms with Gasteiger partial charge in [-0.2, -0.15) is 4.98 Å². The highest BCUT2D eigenvalue weighted by Crippen LogP contribution is 2.60. The number of rotatable bonds is 3. The molecule has 4 saturated carbocycles. The van der Waals surface area contributed by atoms with Crippen molar-refractivity contribution in [3.8, 4) is 5.75 Å². The van der Waals surface area contributed by atoms with Gasteiger partial charge >= 0.3 is 0 Å². The van der Waals surface area contributed by atoms with E-state index in [1.54, 1.807) is 7.11 Å². The summed E-state index contributed by atoms with van der Waals surface area (Å²) in [6.45, 7) is 0. The molecule has 1 amide bonds. The van der Waals surface area contributed by atoms with Crippen LogP contribution in [0.5, 0.6) is 5.75 Å². The van der Waals surface area contributed by atoms with Crippen molar-refractivity contribution in [1.82, 2.24) is 20.2 Å². The second-order valence-corrected chi connectivity index (χ2v) is 9.02. The standard InChI is InChI=1S/C21H23N5O2/c1-28-14-2-3-16-15(7-14)17-18(22-16)23-20(26-25-17)24-19(27)21-8-11-4-12(9-21)6-13(5-11)10-21/h2-3,7,11-13H,4-6,8-10H2,1H3,(H2,22,23,24,26,27). The SMILES string of the molecule is COc1ccc2[nH]c3nc(NC(=O)C45CC6CC(CC(C6)C4)C5)nnc3c2c1. The van der Waals surface area contributed by atoms with Gasteiger partial charge in [-0.25, -0.2) is 0 Å². The lowest BCUT2D eigenvalue weighted by Crippen LogP contribution is -2.51. The lowest BCUT2D eigenvalue weighted by molar-refractivity contribution is -0.140. The molecule has 4 aliphatic carbocycles. The Balaban J connectivity index is 1.31. The van der Waals surface area contributed by atoms with Gasteiger partial charge in [-0.3, -0.25) is 10.1 Å². The van der Waals surface area contributed by atoms with E-state index in [2.05, 4.69) is 25.5 Å². The zero-order valence-corrected chi connectivity index (χ0v) is 15.9. The normalized spacial score (nSPS) is 30.8. The molecule has 2 N–H and O–H groups in total. The predicted molar refractivity (Wildman–Crippen MR) is 105 cm³/mol. The Morgan fingerprint density at radius 3 is 2.54 bits per heavy atom. The summed E-state index contributed by atoms with van der Waals surface area (Å²) in [5.41, 5.74) is 2.00. The van der Waals surface area contributed by atoms with Crippen LogP contribution in [0.2, 0.25) is 0 Å². The molecule has 3 aromatic rings. The smallest absolute Gasteiger partial charge is 0.251 e. The summed E-state index contributed by atoms with van der Waals surface area (Å²) in [6, 6.07) is 5.74. The molecule has 1 aromatic carbocycles. The van der Waals surface area contributed by atoms with E-state index in [4.69, 9.17) is 4.74 Å². The highest BCUT2D eigenvalue weighted by atomic mass is 16.5. The largest absolute Gasteiger partial charge is 0.497 e. The van der Waals surface area contributed by atoms with Gasteiger partial charge in [0.05, 0.1) is 12.5 Å². The average Bonchev–Trinajstić information content (AvgIpc) is 3.03. The lowest BCUT2D eigenvalue weighted by atomic mass is 9.49. The Labute approximate surface area is 162 Å². The number of fused-ring (bicyclic) bond motifs is 3. The van der Waals surface area contributed by atoms with Crippen LogP contribution in [0.4, 0.5) is 5.95 Å². The van der Waals surface area contributed by atoms with E-state index < -0.39 is 0 Å². The number of hydrogen-bond acceptors (Lipinski definition) is 5. The quantitative estimate of drug-likeness (QED) is 0.726. The van der Waals surface area contributed by atoms with E-state index in [1.807, 2.05) is 18.2 Å². The summed E-state index contributed by atoms with van der Waals surface area (Å²) in [5.74, 6) is 3.30. The summed E-state index contributed by atoms with van der Waals surface area (Å²) >= 11 is 0. The van der Waals surface area contributed by atoms with E-state index in [9.17, 15) is 4.79 Å². The van der Waals surface area contributed by atoms with Crippen LogP contribution in [-0.4, -0.2) is 33.2 Å². The number of nitrogens with one attached hydrogen (secondary N) is 2. The third-order valence-electron chi connectivity index (χ3n) is 7.17. The molecule has 4 fully saturated rings. The third kappa shape index (κ3) is 2.34. The van der Waals surface area contributed by atoms with Crippen molar-refractivity contribution in [2.45, 2.75) is 38.5 Å². The Morgan fingerprint density at radius 1 is 1.14 bits per heavy atom. The van der Waals surface area contributed by atoms with Crippen molar-refractivity contribution in [1.29, 1.82) is 0 Å². The summed E-state index contributed by atoms with van der Waals surface area (Å²) in [4.78, 5) is 21.0. The minimum absolute atomic E-state index is 0.0885. The molecule has 4 bridgehead atoms. The summed E-state index contributed by atoms with van der Waals surface area (Å²) in [7, 11) is 1.64. The molecule has 0 unspecified atom stereocenters. The first-order valence-corrected chi connectivity index (χ1v) is 10.1. The van der Waals surface area contributed by atoms with Gasteiger partial charge in [-0.15, -0.1) is 10.2 Å². The molecule has 0 atom stereocenters. The first-order valence-electron chi connectivity index (χ1n) is 10.1. The zero-order chi connectivity index (χ0) is 18.9. The number of ether oxygens (including phenoxy) is 1. The number of carbonyl (C=O) groups excluding carboxylic acids is 1. The monoisotopic (exact) mass is 377 g/mol. The molecule has 28 heavy (non-hydrogen) atoms. The third-order valence-corrected chi connectivity index (χ3v) is 7.17. The second kappa shape index (κ2) is 5.65. The number of benzene rings is 1. The van der Waals surface area contributed by atoms with Gasteiger partial charge < -0.3 is 9.72 Å². The molecule has 7 heteroatoms. The van der Waals surface area contributed by atoms with Gasteiger partial charge in [0.15, 0.2) is 5.65 Å². The van der Waals surface area contributed by atoms with Crippen LogP contribution >= 0.6 is 0 Å². The van der Waals surface area contributed by atoms with E-state index in [-0.39, 0.29) is 17.3 Å². The molecule has 7 nitrogen and oxygen atoms in total. The van der Waals surface area contributed by atoms with Gasteiger partial charge in [0, 0.05) is 10.9 Å². The molecule has 2 aromatic heterocycles. The number of methoxy groups -OCH3 is 1. The summed E-state index contributed by atoms with van der Waals surface area (Å²) in [5, 5.41) is 12.4. The Bertz CT molecular complexity index is 1070. The number of amides is 1. The predicted octanol–water partition coefficient (Wildman–Crippen LogP) is 3.67. The van der Waals surface area contributed by atoms with Crippen molar-refractivity contribution >= 4 is 33.9 Å². The van der Waals surface area contributed by atoms with Gasteiger partial charge in [0.25, 0.3) is 5.95 Å².